The minimum atomic E-state index is 0.474. The molecule has 0 aliphatic carbocycles. The highest BCUT2D eigenvalue weighted by atomic mass is 15.0. The molecule has 1 aliphatic heterocycles. The van der Waals surface area contributed by atoms with E-state index in [0.29, 0.717) is 5.92 Å². The van der Waals surface area contributed by atoms with Crippen molar-refractivity contribution in [2.75, 3.05) is 11.9 Å². The number of hydrogen-bond acceptors (Lipinski definition) is 2. The first-order valence-corrected chi connectivity index (χ1v) is 6.65. The monoisotopic (exact) mass is 241 g/mol. The van der Waals surface area contributed by atoms with Crippen LogP contribution in [-0.2, 0) is 6.42 Å². The fourth-order valence-electron chi connectivity index (χ4n) is 2.39. The van der Waals surface area contributed by atoms with Crippen LogP contribution in [0.2, 0.25) is 0 Å². The highest BCUT2D eigenvalue weighted by Crippen LogP contribution is 2.25. The Kier molecular flexibility index (Phi) is 2.82. The van der Waals surface area contributed by atoms with Crippen molar-refractivity contribution in [3.8, 4) is 5.69 Å². The van der Waals surface area contributed by atoms with Crippen LogP contribution in [0.1, 0.15) is 37.4 Å². The lowest BCUT2D eigenvalue weighted by Crippen LogP contribution is -2.11. The van der Waals surface area contributed by atoms with Gasteiger partial charge in [0.15, 0.2) is 0 Å². The average molecular weight is 241 g/mol. The summed E-state index contributed by atoms with van der Waals surface area (Å²) in [6, 6.07) is 6.63. The predicted octanol–water partition coefficient (Wildman–Crippen LogP) is 3.35. The first kappa shape index (κ1) is 11.3. The Bertz CT molecular complexity index is 555. The van der Waals surface area contributed by atoms with Gasteiger partial charge in [0.1, 0.15) is 0 Å². The minimum absolute atomic E-state index is 0.474. The first-order valence-electron chi connectivity index (χ1n) is 6.65. The van der Waals surface area contributed by atoms with E-state index in [0.717, 1.165) is 12.2 Å². The molecule has 0 saturated heterocycles. The third-order valence-corrected chi connectivity index (χ3v) is 3.52. The summed E-state index contributed by atoms with van der Waals surface area (Å²) in [5, 5.41) is 3.47. The number of fused-ring (bicyclic) bond motifs is 1. The van der Waals surface area contributed by atoms with E-state index < -0.39 is 0 Å². The Morgan fingerprint density at radius 3 is 3.00 bits per heavy atom. The van der Waals surface area contributed by atoms with E-state index in [2.05, 4.69) is 53.1 Å². The Morgan fingerprint density at radius 1 is 1.33 bits per heavy atom. The van der Waals surface area contributed by atoms with Crippen molar-refractivity contribution in [1.29, 1.82) is 0 Å². The van der Waals surface area contributed by atoms with Crippen LogP contribution in [-0.4, -0.2) is 16.1 Å². The normalized spacial score (nSPS) is 14.4. The van der Waals surface area contributed by atoms with Crippen LogP contribution in [0.4, 0.5) is 5.69 Å². The zero-order valence-electron chi connectivity index (χ0n) is 11.0. The van der Waals surface area contributed by atoms with E-state index in [9.17, 15) is 0 Å². The molecule has 0 unspecified atom stereocenters. The standard InChI is InChI=1S/C15H19N3/c1-11(2)15-9-18(10-17-15)13-6-5-12-4-3-7-16-14(12)8-13/h5-6,8-11,16H,3-4,7H2,1-2H3. The molecule has 0 bridgehead atoms. The molecule has 18 heavy (non-hydrogen) atoms. The molecule has 1 aliphatic rings. The number of benzene rings is 1. The molecule has 0 radical (unpaired) electrons. The van der Waals surface area contributed by atoms with Gasteiger partial charge in [0.25, 0.3) is 0 Å². The van der Waals surface area contributed by atoms with Crippen molar-refractivity contribution in [3.05, 3.63) is 42.0 Å². The van der Waals surface area contributed by atoms with Gasteiger partial charge in [-0.05, 0) is 36.5 Å². The van der Waals surface area contributed by atoms with Crippen LogP contribution in [0.15, 0.2) is 30.7 Å². The molecular formula is C15H19N3. The molecule has 1 N–H and O–H groups in total. The van der Waals surface area contributed by atoms with Crippen molar-refractivity contribution in [2.45, 2.75) is 32.6 Å². The molecule has 0 atom stereocenters. The average Bonchev–Trinajstić information content (AvgIpc) is 2.88. The molecule has 3 rings (SSSR count). The van der Waals surface area contributed by atoms with Crippen molar-refractivity contribution in [1.82, 2.24) is 9.55 Å². The number of nitrogens with zero attached hydrogens (tertiary/aromatic N) is 2. The van der Waals surface area contributed by atoms with E-state index in [1.54, 1.807) is 0 Å². The lowest BCUT2D eigenvalue weighted by molar-refractivity contribution is 0.828. The Hall–Kier alpha value is -1.77. The fraction of sp³-hybridized carbons (Fsp3) is 0.400. The molecule has 3 nitrogen and oxygen atoms in total. The summed E-state index contributed by atoms with van der Waals surface area (Å²) in [4.78, 5) is 4.45. The summed E-state index contributed by atoms with van der Waals surface area (Å²) < 4.78 is 2.10. The quantitative estimate of drug-likeness (QED) is 0.873. The SMILES string of the molecule is CC(C)c1cn(-c2ccc3c(c2)NCCC3)cn1. The largest absolute Gasteiger partial charge is 0.385 e. The zero-order chi connectivity index (χ0) is 12.5. The summed E-state index contributed by atoms with van der Waals surface area (Å²) in [6.45, 7) is 5.42. The summed E-state index contributed by atoms with van der Waals surface area (Å²) in [5.74, 6) is 0.474. The van der Waals surface area contributed by atoms with E-state index in [4.69, 9.17) is 0 Å². The van der Waals surface area contributed by atoms with Gasteiger partial charge in [0.05, 0.1) is 12.0 Å². The van der Waals surface area contributed by atoms with Gasteiger partial charge in [-0.25, -0.2) is 4.98 Å². The van der Waals surface area contributed by atoms with Crippen LogP contribution in [0, 0.1) is 0 Å². The summed E-state index contributed by atoms with van der Waals surface area (Å²) >= 11 is 0. The first-order chi connectivity index (χ1) is 8.74. The molecule has 2 aromatic rings. The lowest BCUT2D eigenvalue weighted by Gasteiger charge is -2.18. The van der Waals surface area contributed by atoms with Gasteiger partial charge >= 0.3 is 0 Å². The summed E-state index contributed by atoms with van der Waals surface area (Å²) in [5.41, 5.74) is 5.02. The van der Waals surface area contributed by atoms with E-state index >= 15 is 0 Å². The number of aromatic nitrogens is 2. The Balaban J connectivity index is 1.95. The highest BCUT2D eigenvalue weighted by molar-refractivity contribution is 5.58. The predicted molar refractivity (Wildman–Crippen MR) is 74.5 cm³/mol. The lowest BCUT2D eigenvalue weighted by atomic mass is 10.0. The number of rotatable bonds is 2. The number of nitrogens with one attached hydrogen (secondary N) is 1. The highest BCUT2D eigenvalue weighted by Gasteiger charge is 2.10. The second kappa shape index (κ2) is 4.48. The van der Waals surface area contributed by atoms with Crippen molar-refractivity contribution in [2.24, 2.45) is 0 Å². The zero-order valence-corrected chi connectivity index (χ0v) is 11.0. The minimum Gasteiger partial charge on any atom is -0.385 e. The number of anilines is 1. The van der Waals surface area contributed by atoms with Crippen molar-refractivity contribution >= 4 is 5.69 Å². The third-order valence-electron chi connectivity index (χ3n) is 3.52. The molecule has 1 aromatic heterocycles. The maximum Gasteiger partial charge on any atom is 0.0995 e. The van der Waals surface area contributed by atoms with Crippen LogP contribution in [0.5, 0.6) is 0 Å². The van der Waals surface area contributed by atoms with Gasteiger partial charge in [-0.2, -0.15) is 0 Å². The van der Waals surface area contributed by atoms with Crippen molar-refractivity contribution in [3.63, 3.8) is 0 Å². The third kappa shape index (κ3) is 2.01. The molecule has 94 valence electrons. The molecule has 2 heterocycles. The smallest absolute Gasteiger partial charge is 0.0995 e. The van der Waals surface area contributed by atoms with Gasteiger partial charge in [-0.15, -0.1) is 0 Å². The molecule has 0 amide bonds. The molecule has 3 heteroatoms. The maximum atomic E-state index is 4.45. The second-order valence-electron chi connectivity index (χ2n) is 5.23. The topological polar surface area (TPSA) is 29.9 Å². The Labute approximate surface area is 108 Å². The molecule has 0 saturated carbocycles. The van der Waals surface area contributed by atoms with Gasteiger partial charge < -0.3 is 9.88 Å². The summed E-state index contributed by atoms with van der Waals surface area (Å²) in [6.07, 6.45) is 6.44. The van der Waals surface area contributed by atoms with Crippen LogP contribution < -0.4 is 5.32 Å². The van der Waals surface area contributed by atoms with E-state index in [-0.39, 0.29) is 0 Å². The van der Waals surface area contributed by atoms with Gasteiger partial charge in [-0.3, -0.25) is 0 Å². The molecule has 0 fully saturated rings. The molecule has 1 aromatic carbocycles. The number of hydrogen-bond donors (Lipinski definition) is 1. The summed E-state index contributed by atoms with van der Waals surface area (Å²) in [7, 11) is 0. The molecular weight excluding hydrogens is 222 g/mol. The molecule has 0 spiro atoms. The number of aryl methyl sites for hydroxylation is 1. The number of imidazole rings is 1. The van der Waals surface area contributed by atoms with Crippen LogP contribution in [0.3, 0.4) is 0 Å². The van der Waals surface area contributed by atoms with Gasteiger partial charge in [-0.1, -0.05) is 19.9 Å². The maximum absolute atomic E-state index is 4.45. The van der Waals surface area contributed by atoms with E-state index in [1.165, 1.54) is 29.8 Å². The van der Waals surface area contributed by atoms with Crippen molar-refractivity contribution < 1.29 is 0 Å². The van der Waals surface area contributed by atoms with E-state index in [1.807, 2.05) is 6.33 Å². The van der Waals surface area contributed by atoms with Gasteiger partial charge in [0, 0.05) is 24.1 Å². The second-order valence-corrected chi connectivity index (χ2v) is 5.23. The van der Waals surface area contributed by atoms with Crippen LogP contribution in [0.25, 0.3) is 5.69 Å². The fourth-order valence-corrected chi connectivity index (χ4v) is 2.39. The Morgan fingerprint density at radius 2 is 2.22 bits per heavy atom. The van der Waals surface area contributed by atoms with Gasteiger partial charge in [0.2, 0.25) is 0 Å². The van der Waals surface area contributed by atoms with Crippen LogP contribution >= 0.6 is 0 Å².